The maximum Gasteiger partial charge on any atom is 0.410 e. The number of ether oxygens (including phenoxy) is 1. The number of hydrogen-bond donors (Lipinski definition) is 2. The van der Waals surface area contributed by atoms with Gasteiger partial charge >= 0.3 is 12.1 Å². The van der Waals surface area contributed by atoms with Gasteiger partial charge in [0.2, 0.25) is 5.66 Å². The third-order valence-electron chi connectivity index (χ3n) is 4.92. The highest BCUT2D eigenvalue weighted by Crippen LogP contribution is 2.34. The fourth-order valence-corrected chi connectivity index (χ4v) is 3.49. The lowest BCUT2D eigenvalue weighted by molar-refractivity contribution is -0.153. The van der Waals surface area contributed by atoms with Crippen LogP contribution < -0.4 is 5.32 Å². The molecule has 2 heterocycles. The van der Waals surface area contributed by atoms with E-state index in [0.29, 0.717) is 25.2 Å². The highest BCUT2D eigenvalue weighted by Gasteiger charge is 2.47. The zero-order valence-electron chi connectivity index (χ0n) is 16.2. The first-order valence-corrected chi connectivity index (χ1v) is 9.10. The predicted octanol–water partition coefficient (Wildman–Crippen LogP) is 2.30. The third kappa shape index (κ3) is 3.64. The van der Waals surface area contributed by atoms with E-state index in [0.717, 1.165) is 5.56 Å². The van der Waals surface area contributed by atoms with Gasteiger partial charge in [-0.25, -0.2) is 9.59 Å². The number of likely N-dealkylation sites (N-methyl/N-ethyl adjacent to an activating group) is 1. The summed E-state index contributed by atoms with van der Waals surface area (Å²) in [6.45, 7) is 7.11. The minimum absolute atomic E-state index is 0.181. The molecule has 2 aliphatic heterocycles. The number of hydrogen-bond acceptors (Lipinski definition) is 5. The van der Waals surface area contributed by atoms with Gasteiger partial charge in [-0.15, -0.1) is 0 Å². The fourth-order valence-electron chi connectivity index (χ4n) is 3.49. The largest absolute Gasteiger partial charge is 0.478 e. The SMILES string of the molecule is CN1C=Cc2ccccc2C1(NCC1CN(C(=O)OC(C)(C)C)C1)C(=O)O. The Morgan fingerprint density at radius 1 is 1.30 bits per heavy atom. The molecule has 7 nitrogen and oxygen atoms in total. The van der Waals surface area contributed by atoms with Crippen LogP contribution in [0.25, 0.3) is 6.08 Å². The zero-order valence-corrected chi connectivity index (χ0v) is 16.2. The topological polar surface area (TPSA) is 82.1 Å². The second-order valence-corrected chi connectivity index (χ2v) is 8.16. The molecule has 1 atom stereocenters. The van der Waals surface area contributed by atoms with Gasteiger partial charge in [0.05, 0.1) is 0 Å². The van der Waals surface area contributed by atoms with Crippen molar-refractivity contribution in [1.82, 2.24) is 15.1 Å². The monoisotopic (exact) mass is 373 g/mol. The third-order valence-corrected chi connectivity index (χ3v) is 4.92. The molecule has 7 heteroatoms. The number of carbonyl (C=O) groups excluding carboxylic acids is 1. The summed E-state index contributed by atoms with van der Waals surface area (Å²) in [7, 11) is 1.75. The molecule has 3 rings (SSSR count). The maximum atomic E-state index is 12.3. The lowest BCUT2D eigenvalue weighted by Gasteiger charge is -2.45. The predicted molar refractivity (Wildman–Crippen MR) is 102 cm³/mol. The highest BCUT2D eigenvalue weighted by molar-refractivity contribution is 5.83. The summed E-state index contributed by atoms with van der Waals surface area (Å²) in [6, 6.07) is 7.49. The van der Waals surface area contributed by atoms with Crippen LogP contribution in [0.1, 0.15) is 31.9 Å². The Balaban J connectivity index is 1.67. The Morgan fingerprint density at radius 2 is 1.96 bits per heavy atom. The minimum Gasteiger partial charge on any atom is -0.478 e. The quantitative estimate of drug-likeness (QED) is 0.843. The van der Waals surface area contributed by atoms with Crippen molar-refractivity contribution in [1.29, 1.82) is 0 Å². The molecule has 1 fully saturated rings. The molecule has 0 aromatic heterocycles. The average molecular weight is 373 g/mol. The summed E-state index contributed by atoms with van der Waals surface area (Å²) in [6.07, 6.45) is 3.36. The Labute approximate surface area is 159 Å². The Hall–Kier alpha value is -2.54. The van der Waals surface area contributed by atoms with Crippen molar-refractivity contribution in [3.05, 3.63) is 41.6 Å². The minimum atomic E-state index is -1.32. The van der Waals surface area contributed by atoms with Gasteiger partial charge in [0.25, 0.3) is 0 Å². The summed E-state index contributed by atoms with van der Waals surface area (Å²) in [5.74, 6) is -0.773. The van der Waals surface area contributed by atoms with Gasteiger partial charge in [-0.1, -0.05) is 24.3 Å². The molecular formula is C20H27N3O4. The molecule has 2 aliphatic rings. The Morgan fingerprint density at radius 3 is 2.59 bits per heavy atom. The lowest BCUT2D eigenvalue weighted by Crippen LogP contribution is -2.63. The van der Waals surface area contributed by atoms with Gasteiger partial charge in [-0.2, -0.15) is 0 Å². The molecule has 0 radical (unpaired) electrons. The first-order chi connectivity index (χ1) is 12.6. The van der Waals surface area contributed by atoms with Crippen LogP contribution in [-0.2, 0) is 15.2 Å². The summed E-state index contributed by atoms with van der Waals surface area (Å²) < 4.78 is 5.36. The number of amides is 1. The van der Waals surface area contributed by atoms with Crippen LogP contribution in [0.2, 0.25) is 0 Å². The molecule has 27 heavy (non-hydrogen) atoms. The van der Waals surface area contributed by atoms with E-state index in [1.54, 1.807) is 23.0 Å². The van der Waals surface area contributed by atoms with Crippen LogP contribution in [0.3, 0.4) is 0 Å². The van der Waals surface area contributed by atoms with E-state index in [2.05, 4.69) is 5.32 Å². The number of carboxylic acid groups (broad SMARTS) is 1. The molecule has 0 aliphatic carbocycles. The number of nitrogens with one attached hydrogen (secondary N) is 1. The summed E-state index contributed by atoms with van der Waals surface area (Å²) >= 11 is 0. The Bertz CT molecular complexity index is 765. The van der Waals surface area contributed by atoms with Gasteiger partial charge < -0.3 is 19.6 Å². The number of aliphatic carboxylic acids is 1. The number of rotatable bonds is 4. The molecule has 1 aromatic carbocycles. The van der Waals surface area contributed by atoms with Crippen LogP contribution in [-0.4, -0.2) is 59.3 Å². The standard InChI is InChI=1S/C20H27N3O4/c1-19(2,3)27-18(26)23-12-14(13-23)11-21-20(17(24)25)16-8-6-5-7-15(16)9-10-22(20)4/h5-10,14,21H,11-13H2,1-4H3,(H,24,25). The summed E-state index contributed by atoms with van der Waals surface area (Å²) in [5, 5.41) is 13.3. The number of carboxylic acids is 1. The van der Waals surface area contributed by atoms with E-state index in [9.17, 15) is 14.7 Å². The molecule has 2 N–H and O–H groups in total. The Kier molecular flexibility index (Phi) is 4.90. The van der Waals surface area contributed by atoms with Crippen molar-refractivity contribution in [3.63, 3.8) is 0 Å². The molecule has 0 spiro atoms. The van der Waals surface area contributed by atoms with Crippen molar-refractivity contribution >= 4 is 18.1 Å². The number of benzene rings is 1. The van der Waals surface area contributed by atoms with Crippen LogP contribution in [0, 0.1) is 5.92 Å². The molecule has 1 aromatic rings. The highest BCUT2D eigenvalue weighted by atomic mass is 16.6. The van der Waals surface area contributed by atoms with E-state index in [1.807, 2.05) is 51.1 Å². The van der Waals surface area contributed by atoms with E-state index < -0.39 is 17.2 Å². The van der Waals surface area contributed by atoms with Crippen LogP contribution in [0.15, 0.2) is 30.5 Å². The van der Waals surface area contributed by atoms with E-state index >= 15 is 0 Å². The van der Waals surface area contributed by atoms with Crippen molar-refractivity contribution in [2.75, 3.05) is 26.7 Å². The molecule has 1 unspecified atom stereocenters. The molecule has 1 saturated heterocycles. The molecule has 0 saturated carbocycles. The second-order valence-electron chi connectivity index (χ2n) is 8.16. The van der Waals surface area contributed by atoms with Crippen LogP contribution in [0.4, 0.5) is 4.79 Å². The number of nitrogens with zero attached hydrogens (tertiary/aromatic N) is 2. The van der Waals surface area contributed by atoms with Crippen LogP contribution in [0.5, 0.6) is 0 Å². The molecule has 1 amide bonds. The van der Waals surface area contributed by atoms with Gasteiger partial charge in [0.15, 0.2) is 0 Å². The van der Waals surface area contributed by atoms with E-state index in [-0.39, 0.29) is 12.0 Å². The second kappa shape index (κ2) is 6.88. The van der Waals surface area contributed by atoms with Crippen molar-refractivity contribution in [2.24, 2.45) is 5.92 Å². The van der Waals surface area contributed by atoms with Gasteiger partial charge in [-0.05, 0) is 32.4 Å². The van der Waals surface area contributed by atoms with E-state index in [4.69, 9.17) is 4.74 Å². The van der Waals surface area contributed by atoms with Crippen LogP contribution >= 0.6 is 0 Å². The van der Waals surface area contributed by atoms with Gasteiger partial charge in [0, 0.05) is 44.4 Å². The summed E-state index contributed by atoms with van der Waals surface area (Å²) in [4.78, 5) is 27.7. The van der Waals surface area contributed by atoms with Gasteiger partial charge in [0.1, 0.15) is 5.60 Å². The van der Waals surface area contributed by atoms with Crippen molar-refractivity contribution in [2.45, 2.75) is 32.0 Å². The summed E-state index contributed by atoms with van der Waals surface area (Å²) in [5.41, 5.74) is -0.243. The van der Waals surface area contributed by atoms with E-state index in [1.165, 1.54) is 0 Å². The van der Waals surface area contributed by atoms with Crippen molar-refractivity contribution < 1.29 is 19.4 Å². The first kappa shape index (κ1) is 19.2. The maximum absolute atomic E-state index is 12.3. The smallest absolute Gasteiger partial charge is 0.410 e. The molecule has 0 bridgehead atoms. The molecular weight excluding hydrogens is 346 g/mol. The lowest BCUT2D eigenvalue weighted by atomic mass is 9.89. The normalized spacial score (nSPS) is 22.2. The molecule has 146 valence electrons. The average Bonchev–Trinajstić information content (AvgIpc) is 2.53. The number of likely N-dealkylation sites (tertiary alicyclic amines) is 1. The zero-order chi connectivity index (χ0) is 19.8. The fraction of sp³-hybridized carbons (Fsp3) is 0.500. The number of carbonyl (C=O) groups is 2. The van der Waals surface area contributed by atoms with Crippen molar-refractivity contribution in [3.8, 4) is 0 Å². The van der Waals surface area contributed by atoms with Gasteiger partial charge in [-0.3, -0.25) is 5.32 Å². The number of fused-ring (bicyclic) bond motifs is 1. The first-order valence-electron chi connectivity index (χ1n) is 9.10.